The summed E-state index contributed by atoms with van der Waals surface area (Å²) >= 11 is 5.01. The van der Waals surface area contributed by atoms with Crippen molar-refractivity contribution in [1.82, 2.24) is 24.5 Å². The van der Waals surface area contributed by atoms with Crippen molar-refractivity contribution in [2.24, 2.45) is 0 Å². The monoisotopic (exact) mass is 389 g/mol. The van der Waals surface area contributed by atoms with E-state index in [2.05, 4.69) is 19.9 Å². The Morgan fingerprint density at radius 3 is 2.65 bits per heavy atom. The molecule has 4 heterocycles. The van der Waals surface area contributed by atoms with Crippen LogP contribution in [0.15, 0.2) is 11.1 Å². The minimum atomic E-state index is -1.37. The molecule has 0 aliphatic carbocycles. The molecule has 3 aromatic heterocycles. The van der Waals surface area contributed by atoms with Gasteiger partial charge in [-0.25, -0.2) is 9.97 Å². The molecule has 0 radical (unpaired) electrons. The molecule has 4 atom stereocenters. The van der Waals surface area contributed by atoms with Crippen LogP contribution in [0, 0.1) is 4.77 Å². The van der Waals surface area contributed by atoms with Gasteiger partial charge in [-0.05, 0) is 12.2 Å². The molecule has 13 heteroatoms. The van der Waals surface area contributed by atoms with Crippen LogP contribution in [0.2, 0.25) is 0 Å². The van der Waals surface area contributed by atoms with Crippen LogP contribution in [-0.4, -0.2) is 64.7 Å². The molecule has 0 saturated carbocycles. The van der Waals surface area contributed by atoms with Gasteiger partial charge in [0.1, 0.15) is 41.8 Å². The summed E-state index contributed by atoms with van der Waals surface area (Å²) in [4.78, 5) is 25.7. The molecule has 1 aliphatic rings. The number of nitrogens with zero attached hydrogens (tertiary/aromatic N) is 3. The molecule has 0 spiro atoms. The van der Waals surface area contributed by atoms with E-state index in [1.54, 1.807) is 0 Å². The Morgan fingerprint density at radius 2 is 2.00 bits per heavy atom. The molecule has 0 amide bonds. The molecule has 7 N–H and O–H groups in total. The van der Waals surface area contributed by atoms with Crippen LogP contribution in [0.25, 0.3) is 22.1 Å². The third kappa shape index (κ3) is 2.70. The molecule has 1 saturated heterocycles. The van der Waals surface area contributed by atoms with Gasteiger partial charge in [0.15, 0.2) is 11.0 Å². The Bertz CT molecular complexity index is 1100. The molecule has 0 bridgehead atoms. The topological polar surface area (TPSA) is 175 Å². The molecule has 4 rings (SSSR count). The molecule has 3 aromatic rings. The van der Waals surface area contributed by atoms with Crippen molar-refractivity contribution < 1.29 is 49.6 Å². The average Bonchev–Trinajstić information content (AvgIpc) is 3.04. The SMILES string of the molecule is Nc1ncnc2c1c1c(=O)[nH]c(=S)[nH]c1n2C1OC(CO)C(O)C1O.[Na+]. The normalized spacial score (nSPS) is 25.7. The summed E-state index contributed by atoms with van der Waals surface area (Å²) < 4.78 is 7.00. The molecular formula is C13H14N6NaO5S+. The fourth-order valence-electron chi connectivity index (χ4n) is 3.15. The van der Waals surface area contributed by atoms with Gasteiger partial charge in [-0.3, -0.25) is 14.3 Å². The van der Waals surface area contributed by atoms with Gasteiger partial charge < -0.3 is 30.8 Å². The first kappa shape index (κ1) is 19.4. The van der Waals surface area contributed by atoms with Crippen LogP contribution in [0.1, 0.15) is 6.23 Å². The van der Waals surface area contributed by atoms with E-state index in [1.165, 1.54) is 10.9 Å². The quantitative estimate of drug-likeness (QED) is 0.186. The standard InChI is InChI=1S/C13H14N6O5S.Na/c14-8-4-5-10(17-13(25)18-11(5)23)19(9(4)16-2-15-8)12-7(22)6(21)3(1-20)24-12;/h2-3,6-7,12,20-22H,1H2,(H2,14,15,16)(H2,17,18,23,25);/q;+1. The van der Waals surface area contributed by atoms with Crippen LogP contribution >= 0.6 is 12.2 Å². The van der Waals surface area contributed by atoms with E-state index in [0.717, 1.165) is 0 Å². The van der Waals surface area contributed by atoms with Crippen molar-refractivity contribution in [2.75, 3.05) is 12.3 Å². The number of nitrogens with one attached hydrogen (secondary N) is 2. The van der Waals surface area contributed by atoms with E-state index < -0.39 is 36.7 Å². The Morgan fingerprint density at radius 1 is 1.27 bits per heavy atom. The minimum absolute atomic E-state index is 0. The van der Waals surface area contributed by atoms with Crippen molar-refractivity contribution in [3.05, 3.63) is 21.5 Å². The zero-order chi connectivity index (χ0) is 17.9. The molecule has 11 nitrogen and oxygen atoms in total. The van der Waals surface area contributed by atoms with Gasteiger partial charge in [0.2, 0.25) is 0 Å². The first-order valence-corrected chi connectivity index (χ1v) is 7.74. The molecule has 26 heavy (non-hydrogen) atoms. The minimum Gasteiger partial charge on any atom is -0.394 e. The Kier molecular flexibility index (Phi) is 5.20. The molecular weight excluding hydrogens is 375 g/mol. The number of fused-ring (bicyclic) bond motifs is 3. The van der Waals surface area contributed by atoms with Crippen molar-refractivity contribution in [3.8, 4) is 0 Å². The maximum absolute atomic E-state index is 12.4. The van der Waals surface area contributed by atoms with Crippen LogP contribution in [0.3, 0.4) is 0 Å². The number of ether oxygens (including phenoxy) is 1. The summed E-state index contributed by atoms with van der Waals surface area (Å²) in [5.74, 6) is 0.0662. The number of aliphatic hydroxyl groups is 3. The summed E-state index contributed by atoms with van der Waals surface area (Å²) in [7, 11) is 0. The molecule has 1 aliphatic heterocycles. The number of hydrogen-bond donors (Lipinski definition) is 6. The second-order valence-electron chi connectivity index (χ2n) is 5.69. The van der Waals surface area contributed by atoms with E-state index >= 15 is 0 Å². The number of nitrogens with two attached hydrogens (primary N) is 1. The number of aliphatic hydroxyl groups excluding tert-OH is 3. The molecule has 4 unspecified atom stereocenters. The van der Waals surface area contributed by atoms with E-state index in [0.29, 0.717) is 0 Å². The number of rotatable bonds is 2. The number of H-pyrrole nitrogens is 2. The largest absolute Gasteiger partial charge is 1.00 e. The van der Waals surface area contributed by atoms with Crippen molar-refractivity contribution in [2.45, 2.75) is 24.5 Å². The predicted molar refractivity (Wildman–Crippen MR) is 88.3 cm³/mol. The zero-order valence-corrected chi connectivity index (χ0v) is 16.4. The van der Waals surface area contributed by atoms with E-state index in [4.69, 9.17) is 22.7 Å². The van der Waals surface area contributed by atoms with E-state index in [9.17, 15) is 20.1 Å². The Labute approximate surface area is 172 Å². The van der Waals surface area contributed by atoms with Gasteiger partial charge >= 0.3 is 29.6 Å². The number of aromatic nitrogens is 5. The number of nitrogen functional groups attached to an aromatic ring is 1. The first-order chi connectivity index (χ1) is 11.9. The van der Waals surface area contributed by atoms with Crippen molar-refractivity contribution in [3.63, 3.8) is 0 Å². The summed E-state index contributed by atoms with van der Waals surface area (Å²) in [6.45, 7) is -0.487. The fourth-order valence-corrected chi connectivity index (χ4v) is 3.34. The van der Waals surface area contributed by atoms with E-state index in [-0.39, 0.29) is 62.2 Å². The molecule has 1 fully saturated rings. The maximum Gasteiger partial charge on any atom is 1.00 e. The summed E-state index contributed by atoms with van der Waals surface area (Å²) in [6, 6.07) is 0. The fraction of sp³-hybridized carbons (Fsp3) is 0.385. The van der Waals surface area contributed by atoms with Crippen molar-refractivity contribution >= 4 is 40.1 Å². The third-order valence-corrected chi connectivity index (χ3v) is 4.47. The average molecular weight is 389 g/mol. The van der Waals surface area contributed by atoms with Crippen LogP contribution in [0.4, 0.5) is 5.82 Å². The summed E-state index contributed by atoms with van der Waals surface area (Å²) in [5.41, 5.74) is 5.84. The van der Waals surface area contributed by atoms with Crippen LogP contribution in [-0.2, 0) is 4.74 Å². The van der Waals surface area contributed by atoms with Gasteiger partial charge in [-0.1, -0.05) is 0 Å². The number of aromatic amines is 2. The number of hydrogen-bond acceptors (Lipinski definition) is 9. The molecule has 0 aromatic carbocycles. The Hall–Kier alpha value is -1.38. The molecule has 132 valence electrons. The van der Waals surface area contributed by atoms with Gasteiger partial charge in [0.25, 0.3) is 5.56 Å². The summed E-state index contributed by atoms with van der Waals surface area (Å²) in [5, 5.41) is 30.1. The smallest absolute Gasteiger partial charge is 0.394 e. The zero-order valence-electron chi connectivity index (χ0n) is 13.6. The number of anilines is 1. The maximum atomic E-state index is 12.4. The van der Waals surface area contributed by atoms with Gasteiger partial charge in [-0.2, -0.15) is 0 Å². The Balaban J connectivity index is 0.00000196. The summed E-state index contributed by atoms with van der Waals surface area (Å²) in [6.07, 6.45) is -3.58. The van der Waals surface area contributed by atoms with Crippen LogP contribution < -0.4 is 40.9 Å². The second-order valence-corrected chi connectivity index (χ2v) is 6.10. The first-order valence-electron chi connectivity index (χ1n) is 7.33. The second kappa shape index (κ2) is 6.98. The third-order valence-electron chi connectivity index (χ3n) is 4.27. The van der Waals surface area contributed by atoms with Gasteiger partial charge in [0.05, 0.1) is 17.4 Å². The van der Waals surface area contributed by atoms with Gasteiger partial charge in [0, 0.05) is 0 Å². The van der Waals surface area contributed by atoms with E-state index in [1.807, 2.05) is 0 Å². The van der Waals surface area contributed by atoms with Gasteiger partial charge in [-0.15, -0.1) is 0 Å². The predicted octanol–water partition coefficient (Wildman–Crippen LogP) is -4.47. The van der Waals surface area contributed by atoms with Crippen LogP contribution in [0.5, 0.6) is 0 Å². The van der Waals surface area contributed by atoms with Crippen molar-refractivity contribution in [1.29, 1.82) is 0 Å².